The summed E-state index contributed by atoms with van der Waals surface area (Å²) in [5.74, 6) is -0.346. The minimum atomic E-state index is -0.531. The van der Waals surface area contributed by atoms with Crippen LogP contribution in [0.4, 0.5) is 0 Å². The zero-order chi connectivity index (χ0) is 25.1. The Bertz CT molecular complexity index is 1500. The van der Waals surface area contributed by atoms with E-state index in [1.807, 2.05) is 48.5 Å². The number of nitrogens with zero attached hydrogens (tertiary/aromatic N) is 4. The van der Waals surface area contributed by atoms with Crippen molar-refractivity contribution in [3.63, 3.8) is 0 Å². The van der Waals surface area contributed by atoms with E-state index in [0.29, 0.717) is 17.7 Å². The second-order valence-corrected chi connectivity index (χ2v) is 9.42. The van der Waals surface area contributed by atoms with Crippen LogP contribution in [0.1, 0.15) is 55.3 Å². The lowest BCUT2D eigenvalue weighted by atomic mass is 9.88. The van der Waals surface area contributed by atoms with Crippen LogP contribution in [0.3, 0.4) is 0 Å². The number of carbonyl (C=O) groups is 1. The molecule has 2 aromatic heterocycles. The monoisotopic (exact) mass is 485 g/mol. The Balaban J connectivity index is 1.52. The van der Waals surface area contributed by atoms with Crippen LogP contribution >= 0.6 is 0 Å². The summed E-state index contributed by atoms with van der Waals surface area (Å²) in [5, 5.41) is 3.07. The predicted molar refractivity (Wildman–Crippen MR) is 139 cm³/mol. The summed E-state index contributed by atoms with van der Waals surface area (Å²) in [6.45, 7) is 2.63. The molecule has 0 radical (unpaired) electrons. The van der Waals surface area contributed by atoms with E-state index in [0.717, 1.165) is 47.8 Å². The van der Waals surface area contributed by atoms with Gasteiger partial charge in [0, 0.05) is 6.54 Å². The molecule has 0 aliphatic heterocycles. The van der Waals surface area contributed by atoms with E-state index in [-0.39, 0.29) is 25.0 Å². The van der Waals surface area contributed by atoms with Gasteiger partial charge in [-0.15, -0.1) is 0 Å². The van der Waals surface area contributed by atoms with Gasteiger partial charge < -0.3 is 9.88 Å². The van der Waals surface area contributed by atoms with Crippen molar-refractivity contribution in [3.05, 3.63) is 98.5 Å². The van der Waals surface area contributed by atoms with Gasteiger partial charge in [0.15, 0.2) is 11.2 Å². The molecule has 4 aromatic rings. The number of nitrogens with one attached hydrogen (secondary N) is 1. The Morgan fingerprint density at radius 1 is 1.06 bits per heavy atom. The molecule has 1 aliphatic carbocycles. The Morgan fingerprint density at radius 3 is 2.64 bits per heavy atom. The number of fused-ring (bicyclic) bond motifs is 2. The summed E-state index contributed by atoms with van der Waals surface area (Å²) in [6.07, 6.45) is 6.26. The molecule has 1 atom stereocenters. The van der Waals surface area contributed by atoms with E-state index < -0.39 is 11.2 Å². The quantitative estimate of drug-likeness (QED) is 0.414. The molecule has 36 heavy (non-hydrogen) atoms. The van der Waals surface area contributed by atoms with Gasteiger partial charge in [-0.05, 0) is 42.4 Å². The fourth-order valence-corrected chi connectivity index (χ4v) is 5.07. The minimum Gasteiger partial charge on any atom is -0.348 e. The third kappa shape index (κ3) is 4.63. The van der Waals surface area contributed by atoms with E-state index in [2.05, 4.69) is 23.3 Å². The second kappa shape index (κ2) is 10.4. The van der Waals surface area contributed by atoms with Crippen molar-refractivity contribution in [2.45, 2.75) is 64.7 Å². The second-order valence-electron chi connectivity index (χ2n) is 9.42. The lowest BCUT2D eigenvalue weighted by Gasteiger charge is -2.26. The van der Waals surface area contributed by atoms with Gasteiger partial charge >= 0.3 is 5.69 Å². The molecule has 0 saturated carbocycles. The number of carbonyl (C=O) groups excluding carboxylic acids is 1. The zero-order valence-corrected chi connectivity index (χ0v) is 20.5. The topological polar surface area (TPSA) is 90.9 Å². The highest BCUT2D eigenvalue weighted by Crippen LogP contribution is 2.29. The van der Waals surface area contributed by atoms with Crippen molar-refractivity contribution < 1.29 is 4.79 Å². The molecule has 1 amide bonds. The molecule has 0 spiro atoms. The zero-order valence-electron chi connectivity index (χ0n) is 20.5. The maximum Gasteiger partial charge on any atom is 0.333 e. The molecule has 186 valence electrons. The third-order valence-corrected chi connectivity index (χ3v) is 6.93. The summed E-state index contributed by atoms with van der Waals surface area (Å²) in [4.78, 5) is 44.7. The number of rotatable bonds is 8. The number of hydrogen-bond donors (Lipinski definition) is 1. The lowest BCUT2D eigenvalue weighted by Crippen LogP contribution is -2.45. The third-order valence-electron chi connectivity index (χ3n) is 6.93. The molecule has 8 nitrogen and oxygen atoms in total. The smallest absolute Gasteiger partial charge is 0.333 e. The summed E-state index contributed by atoms with van der Waals surface area (Å²) >= 11 is 0. The molecule has 0 saturated heterocycles. The predicted octanol–water partition coefficient (Wildman–Crippen LogP) is 3.40. The van der Waals surface area contributed by atoms with Crippen molar-refractivity contribution in [1.82, 2.24) is 24.0 Å². The standard InChI is InChI=1S/C28H31N5O3/c1-2-3-16-31-19-29-26-25(31)27(35)33(28(36)32(26)17-20-10-5-4-6-11-20)18-24(34)30-23-15-9-13-21-12-7-8-14-22(21)23/h4-8,10-12,14,19,23H,2-3,9,13,15-18H2,1H3,(H,30,34)/t23-/m0/s1. The SMILES string of the molecule is CCCCn1cnc2c1c(=O)n(CC(=O)N[C@H]1CCCc3ccccc31)c(=O)n2Cc1ccccc1. The van der Waals surface area contributed by atoms with E-state index in [1.165, 1.54) is 10.1 Å². The molecule has 0 unspecified atom stereocenters. The Labute approximate surface area is 209 Å². The van der Waals surface area contributed by atoms with Crippen LogP contribution in [0.15, 0.2) is 70.5 Å². The van der Waals surface area contributed by atoms with Gasteiger partial charge in [0.1, 0.15) is 6.54 Å². The number of benzene rings is 2. The largest absolute Gasteiger partial charge is 0.348 e. The van der Waals surface area contributed by atoms with Gasteiger partial charge in [-0.25, -0.2) is 14.3 Å². The Morgan fingerprint density at radius 2 is 1.83 bits per heavy atom. The van der Waals surface area contributed by atoms with Gasteiger partial charge in [-0.3, -0.25) is 14.2 Å². The normalized spacial score (nSPS) is 15.1. The van der Waals surface area contributed by atoms with Crippen LogP contribution in [0.25, 0.3) is 11.2 Å². The number of aromatic nitrogens is 4. The first-order valence-electron chi connectivity index (χ1n) is 12.7. The lowest BCUT2D eigenvalue weighted by molar-refractivity contribution is -0.122. The summed E-state index contributed by atoms with van der Waals surface area (Å²) in [5.41, 5.74) is 2.95. The average molecular weight is 486 g/mol. The fourth-order valence-electron chi connectivity index (χ4n) is 5.07. The van der Waals surface area contributed by atoms with Crippen LogP contribution in [-0.2, 0) is 30.8 Å². The number of aryl methyl sites for hydroxylation is 2. The van der Waals surface area contributed by atoms with Gasteiger partial charge in [0.05, 0.1) is 18.9 Å². The van der Waals surface area contributed by atoms with Crippen LogP contribution in [-0.4, -0.2) is 24.6 Å². The van der Waals surface area contributed by atoms with Gasteiger partial charge in [0.25, 0.3) is 5.56 Å². The first kappa shape index (κ1) is 23.8. The van der Waals surface area contributed by atoms with E-state index in [4.69, 9.17) is 0 Å². The average Bonchev–Trinajstić information content (AvgIpc) is 3.32. The number of imidazole rings is 1. The Hall–Kier alpha value is -3.94. The molecular formula is C28H31N5O3. The minimum absolute atomic E-state index is 0.122. The highest BCUT2D eigenvalue weighted by atomic mass is 16.2. The van der Waals surface area contributed by atoms with Crippen molar-refractivity contribution in [1.29, 1.82) is 0 Å². The molecular weight excluding hydrogens is 454 g/mol. The molecule has 2 aromatic carbocycles. The van der Waals surface area contributed by atoms with Crippen molar-refractivity contribution >= 4 is 17.1 Å². The van der Waals surface area contributed by atoms with Crippen LogP contribution in [0.2, 0.25) is 0 Å². The molecule has 0 fully saturated rings. The van der Waals surface area contributed by atoms with Crippen LogP contribution in [0.5, 0.6) is 0 Å². The van der Waals surface area contributed by atoms with E-state index in [1.54, 1.807) is 10.9 Å². The highest BCUT2D eigenvalue weighted by Gasteiger charge is 2.24. The summed E-state index contributed by atoms with van der Waals surface area (Å²) in [7, 11) is 0. The number of hydrogen-bond acceptors (Lipinski definition) is 4. The molecule has 2 heterocycles. The summed E-state index contributed by atoms with van der Waals surface area (Å²) < 4.78 is 4.35. The van der Waals surface area contributed by atoms with Crippen LogP contribution in [0, 0.1) is 0 Å². The van der Waals surface area contributed by atoms with Gasteiger partial charge in [0.2, 0.25) is 5.91 Å². The van der Waals surface area contributed by atoms with Gasteiger partial charge in [-0.2, -0.15) is 0 Å². The number of amides is 1. The Kier molecular flexibility index (Phi) is 6.84. The van der Waals surface area contributed by atoms with Gasteiger partial charge in [-0.1, -0.05) is 67.9 Å². The van der Waals surface area contributed by atoms with E-state index >= 15 is 0 Å². The van der Waals surface area contributed by atoms with Crippen molar-refractivity contribution in [2.24, 2.45) is 0 Å². The first-order valence-corrected chi connectivity index (χ1v) is 12.7. The maximum atomic E-state index is 13.6. The fraction of sp³-hybridized carbons (Fsp3) is 0.357. The molecule has 1 aliphatic rings. The first-order chi connectivity index (χ1) is 17.6. The maximum absolute atomic E-state index is 13.6. The van der Waals surface area contributed by atoms with E-state index in [9.17, 15) is 14.4 Å². The highest BCUT2D eigenvalue weighted by molar-refractivity contribution is 5.77. The molecule has 5 rings (SSSR count). The molecule has 1 N–H and O–H groups in total. The van der Waals surface area contributed by atoms with Crippen LogP contribution < -0.4 is 16.6 Å². The molecule has 8 heteroatoms. The van der Waals surface area contributed by atoms with Crippen molar-refractivity contribution in [2.75, 3.05) is 0 Å². The number of unbranched alkanes of at least 4 members (excludes halogenated alkanes) is 1. The van der Waals surface area contributed by atoms with Crippen molar-refractivity contribution in [3.8, 4) is 0 Å². The summed E-state index contributed by atoms with van der Waals surface area (Å²) in [6, 6.07) is 17.6. The molecule has 0 bridgehead atoms.